The van der Waals surface area contributed by atoms with Gasteiger partial charge in [-0.05, 0) is 0 Å². The van der Waals surface area contributed by atoms with Crippen molar-refractivity contribution in [1.82, 2.24) is 0 Å². The Morgan fingerprint density at radius 2 is 0.651 bits per heavy atom. The van der Waals surface area contributed by atoms with Crippen molar-refractivity contribution in [3.8, 4) is 0 Å². The van der Waals surface area contributed by atoms with E-state index in [1.54, 1.807) is 0 Å². The summed E-state index contributed by atoms with van der Waals surface area (Å²) in [5.74, 6) is -59.5. The predicted octanol–water partition coefficient (Wildman–Crippen LogP) is 6.72. The molecule has 0 aromatic rings. The van der Waals surface area contributed by atoms with Crippen LogP contribution in [-0.2, 0) is 9.59 Å². The molecule has 2 rings (SSSR count). The average Bonchev–Trinajstić information content (AvgIpc) is 2.72. The Hall–Kier alpha value is -2.60. The molecule has 4 nitrogen and oxygen atoms in total. The SMILES string of the molecule is O=C(O)C1(F)C(F)(F)CC(F)(C(C(F)(F)F)(C(F)(F)F)C2(F)CC(F)(F)C(F)(C(=O)O)C(F)(F)C2(F)F)C(F)(F)C1(F)F. The molecule has 252 valence electrons. The standard InChI is InChI=1S/C17H6F22O4/c18-5(1-7(20,21)9(24,3(40)41)14(30,31)12(5,26)27)11(16(34,35)36,17(37,38)39)6(19)2-8(22,23)10(25,4(42)43)15(32,33)13(6,28)29/h1-2H2,(H,40,41)(H,42,43). The highest BCUT2D eigenvalue weighted by molar-refractivity contribution is 5.82. The second-order valence-electron chi connectivity index (χ2n) is 9.34. The zero-order valence-corrected chi connectivity index (χ0v) is 18.9. The molecule has 0 amide bonds. The number of alkyl halides is 22. The molecule has 26 heteroatoms. The minimum Gasteiger partial charge on any atom is -0.479 e. The minimum absolute atomic E-state index is 4.63. The van der Waals surface area contributed by atoms with E-state index in [0.717, 1.165) is 0 Å². The maximum absolute atomic E-state index is 15.7. The molecule has 0 aromatic heterocycles. The molecular formula is C17H6F22O4. The summed E-state index contributed by atoms with van der Waals surface area (Å²) in [4.78, 5) is 21.4. The smallest absolute Gasteiger partial charge is 0.410 e. The van der Waals surface area contributed by atoms with E-state index in [-0.39, 0.29) is 0 Å². The third-order valence-electron chi connectivity index (χ3n) is 7.22. The molecule has 2 fully saturated rings. The number of carbonyl (C=O) groups is 2. The highest BCUT2D eigenvalue weighted by Crippen LogP contribution is 2.80. The second-order valence-corrected chi connectivity index (χ2v) is 9.34. The molecule has 0 bridgehead atoms. The van der Waals surface area contributed by atoms with Gasteiger partial charge in [-0.3, -0.25) is 0 Å². The van der Waals surface area contributed by atoms with Crippen LogP contribution >= 0.6 is 0 Å². The quantitative estimate of drug-likeness (QED) is 0.321. The molecule has 0 aromatic carbocycles. The molecule has 0 saturated heterocycles. The largest absolute Gasteiger partial charge is 0.479 e. The Morgan fingerprint density at radius 3 is 0.814 bits per heavy atom. The van der Waals surface area contributed by atoms with Gasteiger partial charge in [0.05, 0.1) is 12.8 Å². The Morgan fingerprint density at radius 1 is 0.442 bits per heavy atom. The number of carboxylic acids is 2. The lowest BCUT2D eigenvalue weighted by Gasteiger charge is -2.63. The summed E-state index contributed by atoms with van der Waals surface area (Å²) in [6.07, 6.45) is -29.2. The third kappa shape index (κ3) is 3.29. The van der Waals surface area contributed by atoms with Crippen molar-refractivity contribution < 1.29 is 116 Å². The molecule has 0 aliphatic heterocycles. The predicted molar refractivity (Wildman–Crippen MR) is 84.1 cm³/mol. The van der Waals surface area contributed by atoms with Crippen LogP contribution in [0, 0.1) is 5.41 Å². The fourth-order valence-corrected chi connectivity index (χ4v) is 5.16. The molecule has 43 heavy (non-hydrogen) atoms. The number of rotatable bonds is 4. The van der Waals surface area contributed by atoms with E-state index >= 15 is 8.78 Å². The van der Waals surface area contributed by atoms with E-state index < -0.39 is 101 Å². The van der Waals surface area contributed by atoms with Crippen LogP contribution in [0.15, 0.2) is 0 Å². The van der Waals surface area contributed by atoms with Gasteiger partial charge in [-0.25, -0.2) is 44.7 Å². The molecule has 2 saturated carbocycles. The van der Waals surface area contributed by atoms with Gasteiger partial charge in [-0.1, -0.05) is 0 Å². The molecular weight excluding hydrogens is 686 g/mol. The summed E-state index contributed by atoms with van der Waals surface area (Å²) in [6, 6.07) is 0. The van der Waals surface area contributed by atoms with Gasteiger partial charge in [0.15, 0.2) is 0 Å². The summed E-state index contributed by atoms with van der Waals surface area (Å²) in [6.45, 7) is 0. The van der Waals surface area contributed by atoms with Crippen molar-refractivity contribution in [3.63, 3.8) is 0 Å². The van der Waals surface area contributed by atoms with Crippen LogP contribution in [0.4, 0.5) is 96.6 Å². The molecule has 4 unspecified atom stereocenters. The molecule has 2 N–H and O–H groups in total. The first kappa shape index (κ1) is 36.6. The van der Waals surface area contributed by atoms with E-state index in [1.807, 2.05) is 0 Å². The van der Waals surface area contributed by atoms with Crippen LogP contribution in [0.5, 0.6) is 0 Å². The number of carboxylic acid groups (broad SMARTS) is 2. The van der Waals surface area contributed by atoms with Gasteiger partial charge < -0.3 is 10.2 Å². The first-order valence-electron chi connectivity index (χ1n) is 9.93. The zero-order chi connectivity index (χ0) is 35.1. The molecule has 2 aliphatic rings. The normalized spacial score (nSPS) is 38.3. The summed E-state index contributed by atoms with van der Waals surface area (Å²) in [5, 5.41) is 16.6. The van der Waals surface area contributed by atoms with Crippen molar-refractivity contribution in [3.05, 3.63) is 0 Å². The number of hydrogen-bond donors (Lipinski definition) is 2. The monoisotopic (exact) mass is 692 g/mol. The van der Waals surface area contributed by atoms with E-state index in [9.17, 15) is 97.4 Å². The maximum atomic E-state index is 15.7. The van der Waals surface area contributed by atoms with Crippen molar-refractivity contribution in [2.45, 2.75) is 83.4 Å². The van der Waals surface area contributed by atoms with Crippen LogP contribution in [0.3, 0.4) is 0 Å². The first-order valence-corrected chi connectivity index (χ1v) is 9.93. The molecule has 0 heterocycles. The Balaban J connectivity index is 3.41. The van der Waals surface area contributed by atoms with Crippen LogP contribution in [0.2, 0.25) is 0 Å². The van der Waals surface area contributed by atoms with E-state index in [1.165, 1.54) is 0 Å². The van der Waals surface area contributed by atoms with Gasteiger partial charge in [0.2, 0.25) is 16.8 Å². The van der Waals surface area contributed by atoms with Gasteiger partial charge >= 0.3 is 71.2 Å². The van der Waals surface area contributed by atoms with E-state index in [4.69, 9.17) is 10.2 Å². The van der Waals surface area contributed by atoms with Crippen LogP contribution in [0.1, 0.15) is 12.8 Å². The number of aliphatic carboxylic acids is 2. The van der Waals surface area contributed by atoms with Gasteiger partial charge in [-0.2, -0.15) is 61.5 Å². The van der Waals surface area contributed by atoms with Crippen LogP contribution in [0.25, 0.3) is 0 Å². The Labute approximate surface area is 218 Å². The highest BCUT2D eigenvalue weighted by atomic mass is 19.4. The van der Waals surface area contributed by atoms with Gasteiger partial charge in [0.25, 0.3) is 0 Å². The lowest BCUT2D eigenvalue weighted by molar-refractivity contribution is -0.511. The van der Waals surface area contributed by atoms with Gasteiger partial charge in [-0.15, -0.1) is 0 Å². The number of hydrogen-bond acceptors (Lipinski definition) is 2. The maximum Gasteiger partial charge on any atom is 0.410 e. The molecule has 0 spiro atoms. The fraction of sp³-hybridized carbons (Fsp3) is 0.882. The van der Waals surface area contributed by atoms with Crippen LogP contribution < -0.4 is 0 Å². The molecule has 4 atom stereocenters. The first-order chi connectivity index (χ1) is 18.3. The molecule has 2 aliphatic carbocycles. The fourth-order valence-electron chi connectivity index (χ4n) is 5.16. The van der Waals surface area contributed by atoms with Crippen molar-refractivity contribution >= 4 is 11.9 Å². The highest BCUT2D eigenvalue weighted by Gasteiger charge is 3.08. The average molecular weight is 692 g/mol. The van der Waals surface area contributed by atoms with Crippen LogP contribution in [-0.4, -0.2) is 92.7 Å². The number of halogens is 22. The lowest BCUT2D eigenvalue weighted by atomic mass is 9.48. The lowest BCUT2D eigenvalue weighted by Crippen LogP contribution is -2.91. The Kier molecular flexibility index (Phi) is 7.11. The topological polar surface area (TPSA) is 74.6 Å². The van der Waals surface area contributed by atoms with E-state index in [2.05, 4.69) is 0 Å². The van der Waals surface area contributed by atoms with Crippen molar-refractivity contribution in [1.29, 1.82) is 0 Å². The van der Waals surface area contributed by atoms with Crippen molar-refractivity contribution in [2.75, 3.05) is 0 Å². The summed E-state index contributed by atoms with van der Waals surface area (Å²) < 4.78 is 317. The van der Waals surface area contributed by atoms with Gasteiger partial charge in [0, 0.05) is 0 Å². The van der Waals surface area contributed by atoms with Gasteiger partial charge in [0.1, 0.15) is 0 Å². The summed E-state index contributed by atoms with van der Waals surface area (Å²) >= 11 is 0. The molecule has 0 radical (unpaired) electrons. The van der Waals surface area contributed by atoms with E-state index in [0.29, 0.717) is 0 Å². The second kappa shape index (κ2) is 8.35. The minimum atomic E-state index is -9.48. The summed E-state index contributed by atoms with van der Waals surface area (Å²) in [5.41, 5.74) is -42.2. The Bertz CT molecular complexity index is 1110. The zero-order valence-electron chi connectivity index (χ0n) is 18.9. The third-order valence-corrected chi connectivity index (χ3v) is 7.22. The van der Waals surface area contributed by atoms with Crippen molar-refractivity contribution in [2.24, 2.45) is 5.41 Å². The summed E-state index contributed by atoms with van der Waals surface area (Å²) in [7, 11) is 0.